The van der Waals surface area contributed by atoms with E-state index in [0.29, 0.717) is 6.42 Å². The molecule has 0 aliphatic rings. The van der Waals surface area contributed by atoms with Crippen LogP contribution in [0.3, 0.4) is 0 Å². The van der Waals surface area contributed by atoms with Crippen molar-refractivity contribution >= 4 is 35.6 Å². The van der Waals surface area contributed by atoms with Crippen LogP contribution in [0, 0.1) is 11.8 Å². The van der Waals surface area contributed by atoms with Gasteiger partial charge in [-0.25, -0.2) is 4.79 Å². The summed E-state index contributed by atoms with van der Waals surface area (Å²) in [5, 5.41) is 16.9. The highest BCUT2D eigenvalue weighted by Crippen LogP contribution is 2.09. The highest BCUT2D eigenvalue weighted by atomic mass is 16.4. The van der Waals surface area contributed by atoms with E-state index in [-0.39, 0.29) is 44.1 Å². The Hall–Kier alpha value is -3.42. The number of nitrogens with zero attached hydrogens (tertiary/aromatic N) is 1. The zero-order valence-corrected chi connectivity index (χ0v) is 21.5. The van der Waals surface area contributed by atoms with E-state index in [2.05, 4.69) is 20.9 Å². The number of carbonyl (C=O) groups is 5. The first kappa shape index (κ1) is 32.6. The molecule has 0 radical (unpaired) electrons. The Labute approximate surface area is 211 Å². The SMILES string of the molecule is CCC(C)C(N)C(=O)NC(CCC(N)=O)C(=O)NC(CCCN=C(N)N)C(=O)NC(C(=O)O)C(C)C. The standard InChI is InChI=1S/C22H42N8O6/c1-5-12(4)16(24)20(34)29-14(8-9-15(23)31)18(32)28-13(7-6-10-27-22(25)26)19(33)30-17(11(2)3)21(35)36/h11-14,16-17H,5-10,24H2,1-4H3,(H2,23,31)(H,28,32)(H,29,34)(H,30,33)(H,35,36)(H4,25,26,27). The average molecular weight is 515 g/mol. The number of carboxylic acid groups (broad SMARTS) is 1. The molecule has 12 N–H and O–H groups in total. The molecule has 14 heteroatoms. The van der Waals surface area contributed by atoms with E-state index >= 15 is 0 Å². The molecule has 0 aromatic carbocycles. The van der Waals surface area contributed by atoms with Crippen LogP contribution in [0.5, 0.6) is 0 Å². The Morgan fingerprint density at radius 3 is 1.86 bits per heavy atom. The lowest BCUT2D eigenvalue weighted by Gasteiger charge is -2.26. The van der Waals surface area contributed by atoms with Crippen molar-refractivity contribution in [1.82, 2.24) is 16.0 Å². The topological polar surface area (TPSA) is 258 Å². The van der Waals surface area contributed by atoms with Crippen molar-refractivity contribution in [3.05, 3.63) is 0 Å². The number of aliphatic carboxylic acids is 1. The fraction of sp³-hybridized carbons (Fsp3) is 0.727. The summed E-state index contributed by atoms with van der Waals surface area (Å²) in [5.41, 5.74) is 21.8. The molecular weight excluding hydrogens is 472 g/mol. The number of hydrogen-bond donors (Lipinski definition) is 8. The molecule has 0 bridgehead atoms. The van der Waals surface area contributed by atoms with Crippen LogP contribution in [0.1, 0.15) is 59.8 Å². The molecule has 5 atom stereocenters. The van der Waals surface area contributed by atoms with Crippen molar-refractivity contribution in [1.29, 1.82) is 0 Å². The van der Waals surface area contributed by atoms with E-state index in [0.717, 1.165) is 0 Å². The number of primary amides is 1. The van der Waals surface area contributed by atoms with Crippen LogP contribution in [0.2, 0.25) is 0 Å². The number of nitrogens with one attached hydrogen (secondary N) is 3. The zero-order chi connectivity index (χ0) is 28.0. The van der Waals surface area contributed by atoms with Crippen molar-refractivity contribution in [2.24, 2.45) is 39.8 Å². The molecule has 4 amide bonds. The smallest absolute Gasteiger partial charge is 0.326 e. The van der Waals surface area contributed by atoms with Gasteiger partial charge in [-0.15, -0.1) is 0 Å². The summed E-state index contributed by atoms with van der Waals surface area (Å²) in [6.07, 6.45) is 0.666. The van der Waals surface area contributed by atoms with Gasteiger partial charge in [0.05, 0.1) is 6.04 Å². The van der Waals surface area contributed by atoms with Crippen molar-refractivity contribution in [2.75, 3.05) is 6.54 Å². The maximum atomic E-state index is 13.1. The summed E-state index contributed by atoms with van der Waals surface area (Å²) < 4.78 is 0. The first-order valence-corrected chi connectivity index (χ1v) is 11.9. The number of guanidine groups is 1. The number of carboxylic acids is 1. The lowest BCUT2D eigenvalue weighted by molar-refractivity contribution is -0.143. The Bertz CT molecular complexity index is 799. The largest absolute Gasteiger partial charge is 0.480 e. The molecule has 5 unspecified atom stereocenters. The molecule has 0 spiro atoms. The Morgan fingerprint density at radius 2 is 1.39 bits per heavy atom. The maximum absolute atomic E-state index is 13.1. The zero-order valence-electron chi connectivity index (χ0n) is 21.5. The molecule has 0 saturated carbocycles. The molecule has 0 heterocycles. The molecule has 0 rings (SSSR count). The van der Waals surface area contributed by atoms with E-state index in [4.69, 9.17) is 22.9 Å². The van der Waals surface area contributed by atoms with Crippen molar-refractivity contribution < 1.29 is 29.1 Å². The van der Waals surface area contributed by atoms with Gasteiger partial charge in [0.15, 0.2) is 5.96 Å². The van der Waals surface area contributed by atoms with Crippen LogP contribution in [-0.2, 0) is 24.0 Å². The van der Waals surface area contributed by atoms with Crippen LogP contribution < -0.4 is 38.9 Å². The number of rotatable bonds is 17. The lowest BCUT2D eigenvalue weighted by Crippen LogP contribution is -2.58. The van der Waals surface area contributed by atoms with Crippen LogP contribution in [0.4, 0.5) is 0 Å². The number of aliphatic imine (C=N–C) groups is 1. The van der Waals surface area contributed by atoms with E-state index in [1.807, 2.05) is 6.92 Å². The lowest BCUT2D eigenvalue weighted by atomic mass is 9.98. The Morgan fingerprint density at radius 1 is 0.861 bits per heavy atom. The molecule has 0 aliphatic carbocycles. The molecule has 0 aliphatic heterocycles. The quantitative estimate of drug-likeness (QED) is 0.0598. The van der Waals surface area contributed by atoms with Gasteiger partial charge in [0.1, 0.15) is 18.1 Å². The summed E-state index contributed by atoms with van der Waals surface area (Å²) in [4.78, 5) is 65.2. The van der Waals surface area contributed by atoms with Gasteiger partial charge in [-0.3, -0.25) is 24.2 Å². The molecule has 0 aromatic heterocycles. The van der Waals surface area contributed by atoms with E-state index in [1.54, 1.807) is 20.8 Å². The molecule has 206 valence electrons. The van der Waals surface area contributed by atoms with Crippen molar-refractivity contribution in [3.63, 3.8) is 0 Å². The van der Waals surface area contributed by atoms with Gasteiger partial charge in [0.25, 0.3) is 0 Å². The van der Waals surface area contributed by atoms with E-state index < -0.39 is 59.7 Å². The fourth-order valence-electron chi connectivity index (χ4n) is 3.15. The molecular formula is C22H42N8O6. The van der Waals surface area contributed by atoms with Gasteiger partial charge in [-0.2, -0.15) is 0 Å². The van der Waals surface area contributed by atoms with Gasteiger partial charge in [0.2, 0.25) is 23.6 Å². The van der Waals surface area contributed by atoms with Gasteiger partial charge in [0, 0.05) is 13.0 Å². The fourth-order valence-corrected chi connectivity index (χ4v) is 3.15. The maximum Gasteiger partial charge on any atom is 0.326 e. The highest BCUT2D eigenvalue weighted by Gasteiger charge is 2.31. The number of amides is 4. The predicted molar refractivity (Wildman–Crippen MR) is 134 cm³/mol. The molecule has 0 aromatic rings. The first-order chi connectivity index (χ1) is 16.7. The van der Waals surface area contributed by atoms with Crippen LogP contribution in [0.15, 0.2) is 4.99 Å². The summed E-state index contributed by atoms with van der Waals surface area (Å²) in [5.74, 6) is -4.71. The second kappa shape index (κ2) is 16.3. The molecule has 0 saturated heterocycles. The number of nitrogens with two attached hydrogens (primary N) is 4. The Kier molecular flexibility index (Phi) is 14.7. The van der Waals surface area contributed by atoms with Crippen molar-refractivity contribution in [2.45, 2.75) is 84.0 Å². The van der Waals surface area contributed by atoms with Crippen LogP contribution in [-0.4, -0.2) is 71.4 Å². The van der Waals surface area contributed by atoms with Crippen LogP contribution in [0.25, 0.3) is 0 Å². The number of hydrogen-bond acceptors (Lipinski definition) is 7. The van der Waals surface area contributed by atoms with Crippen molar-refractivity contribution in [3.8, 4) is 0 Å². The second-order valence-electron chi connectivity index (χ2n) is 9.06. The van der Waals surface area contributed by atoms with Gasteiger partial charge in [-0.05, 0) is 31.1 Å². The summed E-state index contributed by atoms with van der Waals surface area (Å²) >= 11 is 0. The summed E-state index contributed by atoms with van der Waals surface area (Å²) in [7, 11) is 0. The third kappa shape index (κ3) is 12.3. The minimum atomic E-state index is -1.23. The molecule has 36 heavy (non-hydrogen) atoms. The van der Waals surface area contributed by atoms with Gasteiger partial charge >= 0.3 is 5.97 Å². The van der Waals surface area contributed by atoms with Gasteiger partial charge < -0.3 is 44.0 Å². The van der Waals surface area contributed by atoms with Gasteiger partial charge in [-0.1, -0.05) is 34.1 Å². The van der Waals surface area contributed by atoms with Crippen LogP contribution >= 0.6 is 0 Å². The summed E-state index contributed by atoms with van der Waals surface area (Å²) in [6.45, 7) is 7.07. The third-order valence-corrected chi connectivity index (χ3v) is 5.68. The predicted octanol–water partition coefficient (Wildman–Crippen LogP) is -2.13. The van der Waals surface area contributed by atoms with E-state index in [1.165, 1.54) is 0 Å². The molecule has 14 nitrogen and oxygen atoms in total. The minimum Gasteiger partial charge on any atom is -0.480 e. The normalized spacial score (nSPS) is 15.1. The van der Waals surface area contributed by atoms with E-state index in [9.17, 15) is 29.1 Å². The minimum absolute atomic E-state index is 0.0711. The Balaban J connectivity index is 5.72. The third-order valence-electron chi connectivity index (χ3n) is 5.68. The monoisotopic (exact) mass is 514 g/mol. The highest BCUT2D eigenvalue weighted by molar-refractivity contribution is 5.94. The number of carbonyl (C=O) groups excluding carboxylic acids is 4. The summed E-state index contributed by atoms with van der Waals surface area (Å²) in [6, 6.07) is -4.44. The second-order valence-corrected chi connectivity index (χ2v) is 9.06. The molecule has 0 fully saturated rings. The average Bonchev–Trinajstić information content (AvgIpc) is 2.79. The first-order valence-electron chi connectivity index (χ1n) is 11.9.